The Morgan fingerprint density at radius 3 is 2.90 bits per heavy atom. The molecule has 3 rings (SSSR count). The van der Waals surface area contributed by atoms with E-state index in [1.54, 1.807) is 12.1 Å². The van der Waals surface area contributed by atoms with Crippen molar-refractivity contribution in [2.75, 3.05) is 5.32 Å². The van der Waals surface area contributed by atoms with Gasteiger partial charge in [-0.3, -0.25) is 0 Å². The van der Waals surface area contributed by atoms with Crippen LogP contribution in [-0.2, 0) is 6.54 Å². The van der Waals surface area contributed by atoms with Crippen molar-refractivity contribution >= 4 is 27.5 Å². The van der Waals surface area contributed by atoms with Crippen LogP contribution in [0.15, 0.2) is 41.0 Å². The van der Waals surface area contributed by atoms with Crippen LogP contribution in [0.4, 0.5) is 14.7 Å². The number of nitrogens with one attached hydrogen (secondary N) is 1. The van der Waals surface area contributed by atoms with Crippen molar-refractivity contribution in [2.24, 2.45) is 0 Å². The van der Waals surface area contributed by atoms with Crippen LogP contribution in [0.1, 0.15) is 5.56 Å². The lowest BCUT2D eigenvalue weighted by molar-refractivity contribution is 0.612. The van der Waals surface area contributed by atoms with Gasteiger partial charge in [-0.25, -0.2) is 13.3 Å². The molecule has 2 aromatic heterocycles. The van der Waals surface area contributed by atoms with Crippen LogP contribution >= 0.6 is 15.9 Å². The fraction of sp³-hybridized carbons (Fsp3) is 0.0769. The summed E-state index contributed by atoms with van der Waals surface area (Å²) in [5, 5.41) is 6.97. The quantitative estimate of drug-likeness (QED) is 0.796. The molecule has 102 valence electrons. The lowest BCUT2D eigenvalue weighted by atomic mass is 10.2. The zero-order valence-electron chi connectivity index (χ0n) is 10.1. The topological polar surface area (TPSA) is 42.2 Å². The van der Waals surface area contributed by atoms with E-state index in [1.807, 2.05) is 0 Å². The Labute approximate surface area is 121 Å². The number of hydrogen-bond donors (Lipinski definition) is 1. The zero-order chi connectivity index (χ0) is 14.1. The molecule has 0 aliphatic carbocycles. The molecule has 20 heavy (non-hydrogen) atoms. The lowest BCUT2D eigenvalue weighted by Crippen LogP contribution is -2.03. The molecule has 0 bridgehead atoms. The minimum atomic E-state index is -0.396. The Kier molecular flexibility index (Phi) is 3.35. The monoisotopic (exact) mass is 338 g/mol. The second-order valence-electron chi connectivity index (χ2n) is 4.17. The fourth-order valence-corrected chi connectivity index (χ4v) is 2.19. The molecule has 1 aromatic carbocycles. The lowest BCUT2D eigenvalue weighted by Gasteiger charge is -2.04. The predicted molar refractivity (Wildman–Crippen MR) is 74.4 cm³/mol. The van der Waals surface area contributed by atoms with Gasteiger partial charge < -0.3 is 5.32 Å². The smallest absolute Gasteiger partial charge is 0.243 e. The largest absolute Gasteiger partial charge is 0.349 e. The summed E-state index contributed by atoms with van der Waals surface area (Å²) in [6.07, 6.45) is 1.23. The van der Waals surface area contributed by atoms with Gasteiger partial charge in [-0.1, -0.05) is 15.9 Å². The summed E-state index contributed by atoms with van der Waals surface area (Å²) in [6, 6.07) is 7.52. The number of hydrogen-bond acceptors (Lipinski definition) is 3. The van der Waals surface area contributed by atoms with Gasteiger partial charge in [0.15, 0.2) is 5.65 Å². The van der Waals surface area contributed by atoms with Crippen LogP contribution in [0, 0.1) is 11.6 Å². The molecule has 2 heterocycles. The van der Waals surface area contributed by atoms with Crippen molar-refractivity contribution in [3.8, 4) is 0 Å². The van der Waals surface area contributed by atoms with Gasteiger partial charge in [-0.05, 0) is 30.3 Å². The zero-order valence-corrected chi connectivity index (χ0v) is 11.7. The standard InChI is InChI=1S/C13H9BrF2N4/c14-9-1-3-11(16)8(5-9)6-17-13-18-12-4-2-10(15)7-20(12)19-13/h1-5,7H,6H2,(H,17,19). The number of halogens is 3. The van der Waals surface area contributed by atoms with Gasteiger partial charge in [0.2, 0.25) is 5.95 Å². The number of pyridine rings is 1. The molecule has 0 aliphatic heterocycles. The molecule has 0 amide bonds. The number of fused-ring (bicyclic) bond motifs is 1. The Morgan fingerprint density at radius 2 is 2.05 bits per heavy atom. The Morgan fingerprint density at radius 1 is 1.20 bits per heavy atom. The van der Waals surface area contributed by atoms with Crippen molar-refractivity contribution in [1.82, 2.24) is 14.6 Å². The van der Waals surface area contributed by atoms with E-state index in [9.17, 15) is 8.78 Å². The van der Waals surface area contributed by atoms with E-state index in [1.165, 1.54) is 28.9 Å². The summed E-state index contributed by atoms with van der Waals surface area (Å²) in [5.74, 6) is -0.391. The first-order valence-corrected chi connectivity index (χ1v) is 6.61. The minimum Gasteiger partial charge on any atom is -0.349 e. The summed E-state index contributed by atoms with van der Waals surface area (Å²) in [6.45, 7) is 0.241. The van der Waals surface area contributed by atoms with Crippen molar-refractivity contribution < 1.29 is 8.78 Å². The van der Waals surface area contributed by atoms with E-state index in [4.69, 9.17) is 0 Å². The average Bonchev–Trinajstić information content (AvgIpc) is 2.81. The molecule has 0 unspecified atom stereocenters. The highest BCUT2D eigenvalue weighted by molar-refractivity contribution is 9.10. The number of aromatic nitrogens is 3. The normalized spacial score (nSPS) is 10.9. The summed E-state index contributed by atoms with van der Waals surface area (Å²) in [7, 11) is 0. The van der Waals surface area contributed by atoms with Gasteiger partial charge in [0.25, 0.3) is 0 Å². The summed E-state index contributed by atoms with van der Waals surface area (Å²) >= 11 is 3.29. The van der Waals surface area contributed by atoms with E-state index in [0.717, 1.165) is 4.47 Å². The molecule has 7 heteroatoms. The van der Waals surface area contributed by atoms with Crippen LogP contribution in [-0.4, -0.2) is 14.6 Å². The maximum atomic E-state index is 13.6. The Balaban J connectivity index is 1.81. The van der Waals surface area contributed by atoms with Crippen LogP contribution in [0.25, 0.3) is 5.65 Å². The van der Waals surface area contributed by atoms with E-state index >= 15 is 0 Å². The molecule has 4 nitrogen and oxygen atoms in total. The third-order valence-electron chi connectivity index (χ3n) is 2.74. The number of anilines is 1. The molecular weight excluding hydrogens is 330 g/mol. The average molecular weight is 339 g/mol. The van der Waals surface area contributed by atoms with Gasteiger partial charge >= 0.3 is 0 Å². The Hall–Kier alpha value is -2.02. The van der Waals surface area contributed by atoms with Crippen LogP contribution in [0.2, 0.25) is 0 Å². The summed E-state index contributed by atoms with van der Waals surface area (Å²) in [5.41, 5.74) is 1.01. The second kappa shape index (κ2) is 5.16. The molecular formula is C13H9BrF2N4. The first-order valence-electron chi connectivity index (χ1n) is 5.81. The maximum Gasteiger partial charge on any atom is 0.243 e. The van der Waals surface area contributed by atoms with Gasteiger partial charge in [-0.2, -0.15) is 4.98 Å². The SMILES string of the molecule is Fc1ccc2nc(NCc3cc(Br)ccc3F)nn2c1. The number of nitrogens with zero attached hydrogens (tertiary/aromatic N) is 3. The van der Waals surface area contributed by atoms with Crippen molar-refractivity contribution in [1.29, 1.82) is 0 Å². The highest BCUT2D eigenvalue weighted by Crippen LogP contribution is 2.16. The second-order valence-corrected chi connectivity index (χ2v) is 5.09. The van der Waals surface area contributed by atoms with Crippen LogP contribution in [0.3, 0.4) is 0 Å². The van der Waals surface area contributed by atoms with Gasteiger partial charge in [0, 0.05) is 16.6 Å². The molecule has 0 fully saturated rings. The van der Waals surface area contributed by atoms with Gasteiger partial charge in [0.1, 0.15) is 11.6 Å². The van der Waals surface area contributed by atoms with Crippen LogP contribution in [0.5, 0.6) is 0 Å². The van der Waals surface area contributed by atoms with Crippen molar-refractivity contribution in [3.63, 3.8) is 0 Å². The minimum absolute atomic E-state index is 0.241. The number of rotatable bonds is 3. The number of benzene rings is 1. The first-order chi connectivity index (χ1) is 9.61. The van der Waals surface area contributed by atoms with Crippen LogP contribution < -0.4 is 5.32 Å². The molecule has 3 aromatic rings. The van der Waals surface area contributed by atoms with E-state index in [0.29, 0.717) is 17.2 Å². The first kappa shape index (κ1) is 13.0. The molecule has 1 N–H and O–H groups in total. The maximum absolute atomic E-state index is 13.6. The van der Waals surface area contributed by atoms with Crippen molar-refractivity contribution in [2.45, 2.75) is 6.54 Å². The third-order valence-corrected chi connectivity index (χ3v) is 3.23. The van der Waals surface area contributed by atoms with Crippen molar-refractivity contribution in [3.05, 3.63) is 58.2 Å². The van der Waals surface area contributed by atoms with E-state index in [-0.39, 0.29) is 12.4 Å². The van der Waals surface area contributed by atoms with E-state index < -0.39 is 5.82 Å². The highest BCUT2D eigenvalue weighted by atomic mass is 79.9. The van der Waals surface area contributed by atoms with Gasteiger partial charge in [-0.15, -0.1) is 5.10 Å². The predicted octanol–water partition coefficient (Wildman–Crippen LogP) is 3.38. The molecule has 0 saturated heterocycles. The Bertz CT molecular complexity index is 772. The van der Waals surface area contributed by atoms with Gasteiger partial charge in [0.05, 0.1) is 6.20 Å². The van der Waals surface area contributed by atoms with E-state index in [2.05, 4.69) is 31.3 Å². The molecule has 0 atom stereocenters. The summed E-state index contributed by atoms with van der Waals surface area (Å²) < 4.78 is 28.7. The molecule has 0 radical (unpaired) electrons. The molecule has 0 saturated carbocycles. The summed E-state index contributed by atoms with van der Waals surface area (Å²) in [4.78, 5) is 4.16. The highest BCUT2D eigenvalue weighted by Gasteiger charge is 2.06. The fourth-order valence-electron chi connectivity index (χ4n) is 1.79. The molecule has 0 aliphatic rings. The molecule has 0 spiro atoms. The third kappa shape index (κ3) is 2.62.